The van der Waals surface area contributed by atoms with Crippen molar-refractivity contribution in [3.8, 4) is 11.5 Å². The number of aryl methyl sites for hydroxylation is 1. The quantitative estimate of drug-likeness (QED) is 0.786. The summed E-state index contributed by atoms with van der Waals surface area (Å²) >= 11 is 3.45. The van der Waals surface area contributed by atoms with E-state index in [1.54, 1.807) is 38.5 Å². The van der Waals surface area contributed by atoms with Crippen LogP contribution >= 0.6 is 15.9 Å². The van der Waals surface area contributed by atoms with Crippen LogP contribution in [0.4, 0.5) is 5.69 Å². The van der Waals surface area contributed by atoms with E-state index in [2.05, 4.69) is 21.2 Å². The summed E-state index contributed by atoms with van der Waals surface area (Å²) in [6.45, 7) is 2.00. The third-order valence-corrected chi connectivity index (χ3v) is 4.12. The SMILES string of the molecule is COc1cc(NC(=O)/C=C/c2ccc(Br)c(C)c2)cc(OC)c1. The molecule has 5 heteroatoms. The highest BCUT2D eigenvalue weighted by atomic mass is 79.9. The van der Waals surface area contributed by atoms with Crippen molar-refractivity contribution < 1.29 is 14.3 Å². The molecule has 0 fully saturated rings. The van der Waals surface area contributed by atoms with Crippen LogP contribution in [-0.2, 0) is 4.79 Å². The zero-order chi connectivity index (χ0) is 16.8. The molecule has 120 valence electrons. The van der Waals surface area contributed by atoms with Gasteiger partial charge in [-0.2, -0.15) is 0 Å². The van der Waals surface area contributed by atoms with Crippen LogP contribution in [0.5, 0.6) is 11.5 Å². The molecule has 0 saturated carbocycles. The number of anilines is 1. The molecule has 0 aliphatic carbocycles. The molecule has 1 N–H and O–H groups in total. The maximum atomic E-state index is 12.0. The smallest absolute Gasteiger partial charge is 0.248 e. The summed E-state index contributed by atoms with van der Waals surface area (Å²) in [6.07, 6.45) is 3.26. The highest BCUT2D eigenvalue weighted by molar-refractivity contribution is 9.10. The predicted molar refractivity (Wildman–Crippen MR) is 96.1 cm³/mol. The van der Waals surface area contributed by atoms with Gasteiger partial charge in [-0.25, -0.2) is 0 Å². The van der Waals surface area contributed by atoms with Gasteiger partial charge < -0.3 is 14.8 Å². The van der Waals surface area contributed by atoms with Crippen LogP contribution in [0.25, 0.3) is 6.08 Å². The highest BCUT2D eigenvalue weighted by Gasteiger charge is 2.04. The van der Waals surface area contributed by atoms with E-state index in [0.717, 1.165) is 15.6 Å². The molecule has 0 unspecified atom stereocenters. The van der Waals surface area contributed by atoms with Crippen molar-refractivity contribution in [3.63, 3.8) is 0 Å². The number of halogens is 1. The molecular formula is C18H18BrNO3. The molecule has 0 aromatic heterocycles. The summed E-state index contributed by atoms with van der Waals surface area (Å²) in [5.41, 5.74) is 2.69. The number of ether oxygens (including phenoxy) is 2. The predicted octanol–water partition coefficient (Wildman–Crippen LogP) is 4.43. The lowest BCUT2D eigenvalue weighted by Crippen LogP contribution is -2.08. The Morgan fingerprint density at radius 3 is 2.30 bits per heavy atom. The Morgan fingerprint density at radius 1 is 1.09 bits per heavy atom. The first-order valence-electron chi connectivity index (χ1n) is 7.00. The van der Waals surface area contributed by atoms with E-state index in [4.69, 9.17) is 9.47 Å². The number of nitrogens with one attached hydrogen (secondary N) is 1. The van der Waals surface area contributed by atoms with E-state index in [9.17, 15) is 4.79 Å². The van der Waals surface area contributed by atoms with Crippen molar-refractivity contribution in [2.45, 2.75) is 6.92 Å². The zero-order valence-corrected chi connectivity index (χ0v) is 14.8. The topological polar surface area (TPSA) is 47.6 Å². The minimum Gasteiger partial charge on any atom is -0.497 e. The van der Waals surface area contributed by atoms with Gasteiger partial charge in [0.1, 0.15) is 11.5 Å². The minimum atomic E-state index is -0.221. The molecule has 23 heavy (non-hydrogen) atoms. The number of amides is 1. The van der Waals surface area contributed by atoms with Crippen molar-refractivity contribution >= 4 is 33.6 Å². The number of hydrogen-bond acceptors (Lipinski definition) is 3. The van der Waals surface area contributed by atoms with Crippen molar-refractivity contribution in [3.05, 3.63) is 58.1 Å². The third kappa shape index (κ3) is 4.86. The first kappa shape index (κ1) is 17.1. The Hall–Kier alpha value is -2.27. The van der Waals surface area contributed by atoms with Crippen LogP contribution in [0.15, 0.2) is 46.9 Å². The van der Waals surface area contributed by atoms with E-state index in [-0.39, 0.29) is 5.91 Å². The summed E-state index contributed by atoms with van der Waals surface area (Å²) in [5.74, 6) is 1.01. The van der Waals surface area contributed by atoms with Gasteiger partial charge >= 0.3 is 0 Å². The molecule has 0 heterocycles. The molecular weight excluding hydrogens is 358 g/mol. The van der Waals surface area contributed by atoms with E-state index >= 15 is 0 Å². The maximum Gasteiger partial charge on any atom is 0.248 e. The van der Waals surface area contributed by atoms with Gasteiger partial charge in [0.25, 0.3) is 0 Å². The monoisotopic (exact) mass is 375 g/mol. The molecule has 2 rings (SSSR count). The van der Waals surface area contributed by atoms with Gasteiger partial charge in [-0.05, 0) is 30.2 Å². The van der Waals surface area contributed by atoms with Gasteiger partial charge in [0, 0.05) is 34.4 Å². The molecule has 0 spiro atoms. The minimum absolute atomic E-state index is 0.221. The van der Waals surface area contributed by atoms with E-state index in [0.29, 0.717) is 17.2 Å². The maximum absolute atomic E-state index is 12.0. The number of methoxy groups -OCH3 is 2. The Balaban J connectivity index is 2.09. The van der Waals surface area contributed by atoms with Crippen LogP contribution in [0, 0.1) is 6.92 Å². The molecule has 2 aromatic carbocycles. The van der Waals surface area contributed by atoms with Crippen LogP contribution in [0.2, 0.25) is 0 Å². The van der Waals surface area contributed by atoms with Gasteiger partial charge in [-0.3, -0.25) is 4.79 Å². The second-order valence-corrected chi connectivity index (χ2v) is 5.79. The second kappa shape index (κ2) is 7.83. The van der Waals surface area contributed by atoms with Gasteiger partial charge in [0.05, 0.1) is 14.2 Å². The summed E-state index contributed by atoms with van der Waals surface area (Å²) < 4.78 is 11.4. The molecule has 4 nitrogen and oxygen atoms in total. The Bertz CT molecular complexity index is 719. The standard InChI is InChI=1S/C18H18BrNO3/c1-12-8-13(4-6-17(12)19)5-7-18(21)20-14-9-15(22-2)11-16(10-14)23-3/h4-11H,1-3H3,(H,20,21)/b7-5+. The van der Waals surface area contributed by atoms with Crippen molar-refractivity contribution in [2.24, 2.45) is 0 Å². The van der Waals surface area contributed by atoms with Crippen molar-refractivity contribution in [1.29, 1.82) is 0 Å². The number of carbonyl (C=O) groups is 1. The molecule has 0 radical (unpaired) electrons. The molecule has 0 atom stereocenters. The Kier molecular flexibility index (Phi) is 5.82. The molecule has 2 aromatic rings. The average molecular weight is 376 g/mol. The normalized spacial score (nSPS) is 10.6. The van der Waals surface area contributed by atoms with Crippen molar-refractivity contribution in [1.82, 2.24) is 0 Å². The van der Waals surface area contributed by atoms with Gasteiger partial charge in [-0.15, -0.1) is 0 Å². The number of benzene rings is 2. The van der Waals surface area contributed by atoms with E-state index in [1.807, 2.05) is 25.1 Å². The number of carbonyl (C=O) groups excluding carboxylic acids is 1. The third-order valence-electron chi connectivity index (χ3n) is 3.23. The first-order chi connectivity index (χ1) is 11.0. The molecule has 1 amide bonds. The number of rotatable bonds is 5. The van der Waals surface area contributed by atoms with Crippen LogP contribution < -0.4 is 14.8 Å². The average Bonchev–Trinajstić information content (AvgIpc) is 2.55. The Labute approximate surface area is 144 Å². The highest BCUT2D eigenvalue weighted by Crippen LogP contribution is 2.25. The number of hydrogen-bond donors (Lipinski definition) is 1. The lowest BCUT2D eigenvalue weighted by molar-refractivity contribution is -0.111. The van der Waals surface area contributed by atoms with Gasteiger partial charge in [0.15, 0.2) is 0 Å². The van der Waals surface area contributed by atoms with Crippen molar-refractivity contribution in [2.75, 3.05) is 19.5 Å². The fourth-order valence-electron chi connectivity index (χ4n) is 2.01. The summed E-state index contributed by atoms with van der Waals surface area (Å²) in [6, 6.07) is 11.1. The molecule has 0 aliphatic heterocycles. The fourth-order valence-corrected chi connectivity index (χ4v) is 2.25. The lowest BCUT2D eigenvalue weighted by Gasteiger charge is -2.08. The fraction of sp³-hybridized carbons (Fsp3) is 0.167. The molecule has 0 aliphatic rings. The summed E-state index contributed by atoms with van der Waals surface area (Å²) in [7, 11) is 3.13. The lowest BCUT2D eigenvalue weighted by atomic mass is 10.1. The second-order valence-electron chi connectivity index (χ2n) is 4.93. The van der Waals surface area contributed by atoms with Crippen LogP contribution in [0.3, 0.4) is 0 Å². The largest absolute Gasteiger partial charge is 0.497 e. The molecule has 0 bridgehead atoms. The van der Waals surface area contributed by atoms with Gasteiger partial charge in [-0.1, -0.05) is 28.1 Å². The summed E-state index contributed by atoms with van der Waals surface area (Å²) in [4.78, 5) is 12.0. The Morgan fingerprint density at radius 2 is 1.74 bits per heavy atom. The first-order valence-corrected chi connectivity index (χ1v) is 7.79. The van der Waals surface area contributed by atoms with E-state index in [1.165, 1.54) is 6.08 Å². The summed E-state index contributed by atoms with van der Waals surface area (Å²) in [5, 5.41) is 2.79. The zero-order valence-electron chi connectivity index (χ0n) is 13.2. The van der Waals surface area contributed by atoms with Crippen LogP contribution in [0.1, 0.15) is 11.1 Å². The van der Waals surface area contributed by atoms with E-state index < -0.39 is 0 Å². The van der Waals surface area contributed by atoms with Gasteiger partial charge in [0.2, 0.25) is 5.91 Å². The molecule has 0 saturated heterocycles. The van der Waals surface area contributed by atoms with Crippen LogP contribution in [-0.4, -0.2) is 20.1 Å².